The highest BCUT2D eigenvalue weighted by Crippen LogP contribution is 2.20. The molecule has 6 heteroatoms. The lowest BCUT2D eigenvalue weighted by Gasteiger charge is -2.37. The molecule has 0 spiro atoms. The molecule has 0 aliphatic carbocycles. The Morgan fingerprint density at radius 3 is 2.10 bits per heavy atom. The largest absolute Gasteiger partial charge is 0.370 e. The molecule has 0 radical (unpaired) electrons. The van der Waals surface area contributed by atoms with Crippen molar-refractivity contribution in [3.8, 4) is 0 Å². The van der Waals surface area contributed by atoms with E-state index in [-0.39, 0.29) is 0 Å². The zero-order chi connectivity index (χ0) is 19.9. The van der Waals surface area contributed by atoms with Crippen molar-refractivity contribution < 1.29 is 0 Å². The number of aliphatic imine (C=N–C) groups is 1. The summed E-state index contributed by atoms with van der Waals surface area (Å²) in [4.78, 5) is 11.8. The van der Waals surface area contributed by atoms with Gasteiger partial charge in [0, 0.05) is 75.7 Å². The summed E-state index contributed by atoms with van der Waals surface area (Å²) in [6.45, 7) is 7.14. The molecule has 0 amide bonds. The Hall–Kier alpha value is -2.34. The normalized spacial score (nSPS) is 18.1. The number of anilines is 2. The third-order valence-electron chi connectivity index (χ3n) is 5.68. The predicted octanol–water partition coefficient (Wildman–Crippen LogP) is 3.14. The van der Waals surface area contributed by atoms with E-state index in [1.54, 1.807) is 0 Å². The van der Waals surface area contributed by atoms with Crippen LogP contribution in [0.5, 0.6) is 0 Å². The molecule has 1 N–H and O–H groups in total. The summed E-state index contributed by atoms with van der Waals surface area (Å²) >= 11 is 2.05. The van der Waals surface area contributed by atoms with E-state index in [1.165, 1.54) is 28.4 Å². The number of nitrogens with zero attached hydrogens (tertiary/aromatic N) is 4. The Labute approximate surface area is 178 Å². The molecule has 0 bridgehead atoms. The molecular weight excluding hydrogens is 378 g/mol. The fraction of sp³-hybridized carbons (Fsp3) is 0.435. The minimum Gasteiger partial charge on any atom is -0.370 e. The van der Waals surface area contributed by atoms with Gasteiger partial charge in [-0.3, -0.25) is 4.99 Å². The van der Waals surface area contributed by atoms with Gasteiger partial charge in [-0.1, -0.05) is 30.3 Å². The smallest absolute Gasteiger partial charge is 0.194 e. The maximum atomic E-state index is 4.52. The lowest BCUT2D eigenvalue weighted by molar-refractivity contribution is 0.372. The van der Waals surface area contributed by atoms with Crippen LogP contribution in [0, 0.1) is 0 Å². The molecule has 2 aliphatic heterocycles. The minimum absolute atomic E-state index is 0.807. The summed E-state index contributed by atoms with van der Waals surface area (Å²) in [5, 5.41) is 3.55. The summed E-state index contributed by atoms with van der Waals surface area (Å²) in [6, 6.07) is 19.7. The van der Waals surface area contributed by atoms with E-state index >= 15 is 0 Å². The Balaban J connectivity index is 1.27. The zero-order valence-electron chi connectivity index (χ0n) is 17.3. The second-order valence-corrected chi connectivity index (χ2v) is 8.70. The molecule has 0 atom stereocenters. The molecule has 0 aromatic heterocycles. The van der Waals surface area contributed by atoms with Gasteiger partial charge in [-0.25, -0.2) is 0 Å². The minimum atomic E-state index is 0.807. The second kappa shape index (κ2) is 9.92. The van der Waals surface area contributed by atoms with Gasteiger partial charge in [0.2, 0.25) is 0 Å². The maximum Gasteiger partial charge on any atom is 0.194 e. The van der Waals surface area contributed by atoms with Gasteiger partial charge >= 0.3 is 0 Å². The second-order valence-electron chi connectivity index (χ2n) is 7.48. The number of hydrogen-bond acceptors (Lipinski definition) is 4. The molecule has 29 heavy (non-hydrogen) atoms. The molecule has 2 aliphatic rings. The lowest BCUT2D eigenvalue weighted by Crippen LogP contribution is -2.52. The van der Waals surface area contributed by atoms with Crippen LogP contribution in [0.1, 0.15) is 5.56 Å². The Morgan fingerprint density at radius 2 is 1.45 bits per heavy atom. The Morgan fingerprint density at radius 1 is 0.828 bits per heavy atom. The monoisotopic (exact) mass is 409 g/mol. The lowest BCUT2D eigenvalue weighted by atomic mass is 10.2. The molecule has 154 valence electrons. The first-order chi connectivity index (χ1) is 14.3. The maximum absolute atomic E-state index is 4.52. The van der Waals surface area contributed by atoms with Crippen LogP contribution in [0.25, 0.3) is 0 Å². The molecule has 2 aromatic carbocycles. The molecule has 0 unspecified atom stereocenters. The molecule has 2 fully saturated rings. The average molecular weight is 410 g/mol. The third-order valence-corrected chi connectivity index (χ3v) is 6.62. The van der Waals surface area contributed by atoms with Crippen LogP contribution in [0.2, 0.25) is 0 Å². The number of rotatable bonds is 4. The fourth-order valence-corrected chi connectivity index (χ4v) is 4.88. The van der Waals surface area contributed by atoms with Crippen LogP contribution in [0.3, 0.4) is 0 Å². The van der Waals surface area contributed by atoms with Crippen molar-refractivity contribution in [1.82, 2.24) is 10.2 Å². The number of piperazine rings is 1. The van der Waals surface area contributed by atoms with Crippen molar-refractivity contribution in [3.05, 3.63) is 60.2 Å². The van der Waals surface area contributed by atoms with Crippen molar-refractivity contribution in [3.63, 3.8) is 0 Å². The highest BCUT2D eigenvalue weighted by molar-refractivity contribution is 7.99. The quantitative estimate of drug-likeness (QED) is 0.620. The summed E-state index contributed by atoms with van der Waals surface area (Å²) in [5.41, 5.74) is 3.95. The van der Waals surface area contributed by atoms with E-state index in [0.717, 1.165) is 51.8 Å². The first kappa shape index (κ1) is 20.0. The zero-order valence-corrected chi connectivity index (χ0v) is 18.1. The fourth-order valence-electron chi connectivity index (χ4n) is 3.97. The van der Waals surface area contributed by atoms with Gasteiger partial charge in [0.1, 0.15) is 0 Å². The van der Waals surface area contributed by atoms with Crippen molar-refractivity contribution in [1.29, 1.82) is 0 Å². The first-order valence-electron chi connectivity index (χ1n) is 10.5. The van der Waals surface area contributed by atoms with Gasteiger partial charge in [0.25, 0.3) is 0 Å². The van der Waals surface area contributed by atoms with Crippen LogP contribution < -0.4 is 15.1 Å². The van der Waals surface area contributed by atoms with Crippen molar-refractivity contribution in [2.24, 2.45) is 4.99 Å². The molecule has 2 heterocycles. The standard InChI is InChI=1S/C23H31N5S/c1-24-23(28-13-11-26(12-14-28)21-5-3-2-4-6-21)25-19-20-7-9-22(10-8-20)27-15-17-29-18-16-27/h2-10H,11-19H2,1H3,(H,24,25). The molecule has 2 aromatic rings. The summed E-state index contributed by atoms with van der Waals surface area (Å²) in [6.07, 6.45) is 0. The van der Waals surface area contributed by atoms with Gasteiger partial charge in [-0.2, -0.15) is 11.8 Å². The van der Waals surface area contributed by atoms with Crippen molar-refractivity contribution in [2.75, 3.05) is 67.6 Å². The molecule has 2 saturated heterocycles. The van der Waals surface area contributed by atoms with Gasteiger partial charge in [0.15, 0.2) is 5.96 Å². The Kier molecular flexibility index (Phi) is 6.83. The number of para-hydroxylation sites is 1. The summed E-state index contributed by atoms with van der Waals surface area (Å²) < 4.78 is 0. The van der Waals surface area contributed by atoms with Gasteiger partial charge in [0.05, 0.1) is 0 Å². The van der Waals surface area contributed by atoms with Crippen LogP contribution >= 0.6 is 11.8 Å². The molecule has 0 saturated carbocycles. The first-order valence-corrected chi connectivity index (χ1v) is 11.7. The van der Waals surface area contributed by atoms with Crippen LogP contribution in [0.15, 0.2) is 59.6 Å². The SMILES string of the molecule is CN=C(NCc1ccc(N2CCSCC2)cc1)N1CCN(c2ccccc2)CC1. The van der Waals surface area contributed by atoms with Crippen molar-refractivity contribution in [2.45, 2.75) is 6.54 Å². The van der Waals surface area contributed by atoms with E-state index in [9.17, 15) is 0 Å². The third kappa shape index (κ3) is 5.18. The average Bonchev–Trinajstić information content (AvgIpc) is 2.81. The van der Waals surface area contributed by atoms with Gasteiger partial charge in [-0.15, -0.1) is 0 Å². The Bertz CT molecular complexity index is 779. The molecule has 5 nitrogen and oxygen atoms in total. The highest BCUT2D eigenvalue weighted by Gasteiger charge is 2.19. The number of guanidine groups is 1. The predicted molar refractivity (Wildman–Crippen MR) is 126 cm³/mol. The highest BCUT2D eigenvalue weighted by atomic mass is 32.2. The van der Waals surface area contributed by atoms with E-state index in [0.29, 0.717) is 0 Å². The molecular formula is C23H31N5S. The van der Waals surface area contributed by atoms with Crippen LogP contribution in [-0.2, 0) is 6.54 Å². The van der Waals surface area contributed by atoms with E-state index in [1.807, 2.05) is 7.05 Å². The van der Waals surface area contributed by atoms with E-state index in [2.05, 4.69) is 91.4 Å². The number of thioether (sulfide) groups is 1. The van der Waals surface area contributed by atoms with Gasteiger partial charge < -0.3 is 20.0 Å². The number of nitrogens with one attached hydrogen (secondary N) is 1. The van der Waals surface area contributed by atoms with E-state index < -0.39 is 0 Å². The topological polar surface area (TPSA) is 34.1 Å². The van der Waals surface area contributed by atoms with Crippen LogP contribution in [-0.4, -0.2) is 68.7 Å². The van der Waals surface area contributed by atoms with Gasteiger partial charge in [-0.05, 0) is 29.8 Å². The summed E-state index contributed by atoms with van der Waals surface area (Å²) in [7, 11) is 1.88. The van der Waals surface area contributed by atoms with E-state index in [4.69, 9.17) is 0 Å². The number of benzene rings is 2. The summed E-state index contributed by atoms with van der Waals surface area (Å²) in [5.74, 6) is 3.46. The van der Waals surface area contributed by atoms with Crippen LogP contribution in [0.4, 0.5) is 11.4 Å². The number of hydrogen-bond donors (Lipinski definition) is 1. The van der Waals surface area contributed by atoms with Crippen molar-refractivity contribution >= 4 is 29.1 Å². The molecule has 4 rings (SSSR count).